The van der Waals surface area contributed by atoms with Gasteiger partial charge < -0.3 is 19.2 Å². The summed E-state index contributed by atoms with van der Waals surface area (Å²) >= 11 is 6.31. The molecule has 1 N–H and O–H groups in total. The molecule has 1 saturated heterocycles. The minimum absolute atomic E-state index is 0.00841. The van der Waals surface area contributed by atoms with Crippen molar-refractivity contribution in [3.63, 3.8) is 0 Å². The molecular formula is C27H26ClNO5. The average molecular weight is 480 g/mol. The van der Waals surface area contributed by atoms with Gasteiger partial charge in [0.05, 0.1) is 36.1 Å². The molecule has 0 bridgehead atoms. The summed E-state index contributed by atoms with van der Waals surface area (Å²) in [5.41, 5.74) is 2.18. The van der Waals surface area contributed by atoms with E-state index in [1.807, 2.05) is 31.2 Å². The predicted octanol–water partition coefficient (Wildman–Crippen LogP) is 6.08. The second kappa shape index (κ2) is 9.77. The van der Waals surface area contributed by atoms with Gasteiger partial charge in [-0.15, -0.1) is 0 Å². The monoisotopic (exact) mass is 479 g/mol. The molecule has 0 spiro atoms. The van der Waals surface area contributed by atoms with E-state index in [-0.39, 0.29) is 17.9 Å². The van der Waals surface area contributed by atoms with Gasteiger partial charge in [-0.1, -0.05) is 49.7 Å². The van der Waals surface area contributed by atoms with Gasteiger partial charge in [0, 0.05) is 5.56 Å². The number of carbonyl (C=O) groups is 2. The van der Waals surface area contributed by atoms with Crippen molar-refractivity contribution in [1.82, 2.24) is 4.90 Å². The van der Waals surface area contributed by atoms with E-state index < -0.39 is 17.7 Å². The minimum atomic E-state index is -0.781. The Balaban J connectivity index is 1.83. The third-order valence-electron chi connectivity index (χ3n) is 5.87. The lowest BCUT2D eigenvalue weighted by atomic mass is 9.93. The zero-order valence-electron chi connectivity index (χ0n) is 19.2. The number of ketones is 1. The van der Waals surface area contributed by atoms with E-state index in [1.165, 1.54) is 17.2 Å². The van der Waals surface area contributed by atoms with Gasteiger partial charge in [-0.05, 0) is 54.3 Å². The highest BCUT2D eigenvalue weighted by molar-refractivity contribution is 6.46. The third-order valence-corrected chi connectivity index (χ3v) is 6.17. The number of hydrogen-bond acceptors (Lipinski definition) is 5. The van der Waals surface area contributed by atoms with Gasteiger partial charge in [0.25, 0.3) is 11.7 Å². The smallest absolute Gasteiger partial charge is 0.296 e. The number of Topliss-reactive ketones (excluding diaryl/α,β-unsaturated/α-hetero) is 1. The molecular weight excluding hydrogens is 454 g/mol. The normalized spacial score (nSPS) is 17.6. The standard InChI is InChI=1S/C27H26ClNO5/c1-4-33-22-12-11-19(14-21(22)28)25(30)23-24(18-9-7-17(8-10-18)16(2)3)29(27(32)26(23)31)15-20-6-5-13-34-20/h5-14,16,24,30H,4,15H2,1-3H3/t24-/m0/s1. The number of likely N-dealkylation sites (tertiary alicyclic amines) is 1. The molecule has 1 amide bonds. The highest BCUT2D eigenvalue weighted by Crippen LogP contribution is 2.41. The van der Waals surface area contributed by atoms with Crippen molar-refractivity contribution >= 4 is 29.1 Å². The van der Waals surface area contributed by atoms with Crippen molar-refractivity contribution in [3.8, 4) is 5.75 Å². The molecule has 3 aromatic rings. The Bertz CT molecular complexity index is 1230. The Morgan fingerprint density at radius 1 is 1.15 bits per heavy atom. The fourth-order valence-electron chi connectivity index (χ4n) is 4.10. The number of hydrogen-bond donors (Lipinski definition) is 1. The van der Waals surface area contributed by atoms with Gasteiger partial charge in [-0.25, -0.2) is 0 Å². The number of rotatable bonds is 7. The lowest BCUT2D eigenvalue weighted by Gasteiger charge is -2.25. The first-order valence-electron chi connectivity index (χ1n) is 11.1. The zero-order valence-corrected chi connectivity index (χ0v) is 20.0. The molecule has 0 saturated carbocycles. The van der Waals surface area contributed by atoms with Gasteiger partial charge in [0.15, 0.2) is 0 Å². The quantitative estimate of drug-likeness (QED) is 0.252. The van der Waals surface area contributed by atoms with Crippen LogP contribution in [0.15, 0.2) is 70.9 Å². The molecule has 2 heterocycles. The van der Waals surface area contributed by atoms with Gasteiger partial charge in [-0.3, -0.25) is 9.59 Å². The second-order valence-electron chi connectivity index (χ2n) is 8.41. The van der Waals surface area contributed by atoms with Crippen LogP contribution in [0.2, 0.25) is 5.02 Å². The van der Waals surface area contributed by atoms with Crippen LogP contribution >= 0.6 is 11.6 Å². The maximum atomic E-state index is 13.2. The maximum Gasteiger partial charge on any atom is 0.296 e. The van der Waals surface area contributed by atoms with E-state index in [1.54, 1.807) is 24.3 Å². The number of furan rings is 1. The van der Waals surface area contributed by atoms with Crippen LogP contribution in [-0.4, -0.2) is 28.3 Å². The van der Waals surface area contributed by atoms with Crippen LogP contribution in [-0.2, 0) is 16.1 Å². The molecule has 1 aromatic heterocycles. The summed E-state index contributed by atoms with van der Waals surface area (Å²) < 4.78 is 10.9. The fraction of sp³-hybridized carbons (Fsp3) is 0.259. The SMILES string of the molecule is CCOc1ccc(C(O)=C2C(=O)C(=O)N(Cc3ccco3)[C@H]2c2ccc(C(C)C)cc2)cc1Cl. The van der Waals surface area contributed by atoms with Crippen LogP contribution in [0.4, 0.5) is 0 Å². The number of aliphatic hydroxyl groups is 1. The first kappa shape index (κ1) is 23.6. The summed E-state index contributed by atoms with van der Waals surface area (Å²) in [6, 6.07) is 15.2. The molecule has 4 rings (SSSR count). The van der Waals surface area contributed by atoms with Crippen molar-refractivity contribution in [1.29, 1.82) is 0 Å². The van der Waals surface area contributed by atoms with Crippen LogP contribution in [0.5, 0.6) is 5.75 Å². The summed E-state index contributed by atoms with van der Waals surface area (Å²) in [7, 11) is 0. The van der Waals surface area contributed by atoms with Crippen molar-refractivity contribution in [2.24, 2.45) is 0 Å². The predicted molar refractivity (Wildman–Crippen MR) is 130 cm³/mol. The van der Waals surface area contributed by atoms with Crippen molar-refractivity contribution in [2.75, 3.05) is 6.61 Å². The largest absolute Gasteiger partial charge is 0.507 e. The van der Waals surface area contributed by atoms with Gasteiger partial charge >= 0.3 is 0 Å². The van der Waals surface area contributed by atoms with Crippen LogP contribution in [0, 0.1) is 0 Å². The first-order valence-corrected chi connectivity index (χ1v) is 11.5. The molecule has 176 valence electrons. The summed E-state index contributed by atoms with van der Waals surface area (Å²) in [5.74, 6) is -0.410. The minimum Gasteiger partial charge on any atom is -0.507 e. The van der Waals surface area contributed by atoms with Crippen LogP contribution < -0.4 is 4.74 Å². The Labute approximate surface area is 203 Å². The highest BCUT2D eigenvalue weighted by atomic mass is 35.5. The Morgan fingerprint density at radius 2 is 1.88 bits per heavy atom. The fourth-order valence-corrected chi connectivity index (χ4v) is 4.33. The van der Waals surface area contributed by atoms with E-state index in [0.29, 0.717) is 40.2 Å². The molecule has 34 heavy (non-hydrogen) atoms. The molecule has 2 aromatic carbocycles. The summed E-state index contributed by atoms with van der Waals surface area (Å²) in [4.78, 5) is 27.7. The molecule has 1 atom stereocenters. The van der Waals surface area contributed by atoms with E-state index in [4.69, 9.17) is 20.8 Å². The molecule has 1 aliphatic heterocycles. The van der Waals surface area contributed by atoms with Crippen molar-refractivity contribution < 1.29 is 23.8 Å². The van der Waals surface area contributed by atoms with Crippen LogP contribution in [0.25, 0.3) is 5.76 Å². The molecule has 1 fully saturated rings. The summed E-state index contributed by atoms with van der Waals surface area (Å²) in [5, 5.41) is 11.5. The number of halogens is 1. The number of amides is 1. The summed E-state index contributed by atoms with van der Waals surface area (Å²) in [6.45, 7) is 6.56. The number of benzene rings is 2. The number of ether oxygens (including phenoxy) is 1. The van der Waals surface area contributed by atoms with Gasteiger partial charge in [-0.2, -0.15) is 0 Å². The van der Waals surface area contributed by atoms with Crippen LogP contribution in [0.3, 0.4) is 0 Å². The van der Waals surface area contributed by atoms with Crippen molar-refractivity contribution in [3.05, 3.63) is 93.9 Å². The lowest BCUT2D eigenvalue weighted by molar-refractivity contribution is -0.140. The van der Waals surface area contributed by atoms with Crippen LogP contribution in [0.1, 0.15) is 55.2 Å². The number of aliphatic hydroxyl groups excluding tert-OH is 1. The Morgan fingerprint density at radius 3 is 2.47 bits per heavy atom. The average Bonchev–Trinajstić information content (AvgIpc) is 3.42. The molecule has 7 heteroatoms. The molecule has 6 nitrogen and oxygen atoms in total. The van der Waals surface area contributed by atoms with E-state index in [9.17, 15) is 14.7 Å². The molecule has 1 aliphatic rings. The van der Waals surface area contributed by atoms with E-state index in [0.717, 1.165) is 5.56 Å². The second-order valence-corrected chi connectivity index (χ2v) is 8.81. The first-order chi connectivity index (χ1) is 16.3. The van der Waals surface area contributed by atoms with E-state index >= 15 is 0 Å². The zero-order chi connectivity index (χ0) is 24.4. The maximum absolute atomic E-state index is 13.2. The van der Waals surface area contributed by atoms with Gasteiger partial charge in [0.2, 0.25) is 0 Å². The summed E-state index contributed by atoms with van der Waals surface area (Å²) in [6.07, 6.45) is 1.51. The molecule has 0 radical (unpaired) electrons. The topological polar surface area (TPSA) is 80.0 Å². The molecule has 0 aliphatic carbocycles. The highest BCUT2D eigenvalue weighted by Gasteiger charge is 2.46. The van der Waals surface area contributed by atoms with Crippen molar-refractivity contribution in [2.45, 2.75) is 39.3 Å². The molecule has 0 unspecified atom stereocenters. The Kier molecular flexibility index (Phi) is 6.80. The third kappa shape index (κ3) is 4.46. The lowest BCUT2D eigenvalue weighted by Crippen LogP contribution is -2.29. The Hall–Kier alpha value is -3.51. The van der Waals surface area contributed by atoms with Gasteiger partial charge in [0.1, 0.15) is 17.3 Å². The number of carbonyl (C=O) groups excluding carboxylic acids is 2. The van der Waals surface area contributed by atoms with E-state index in [2.05, 4.69) is 13.8 Å². The number of nitrogens with zero attached hydrogens (tertiary/aromatic N) is 1.